The average molecular weight is 925 g/mol. The van der Waals surface area contributed by atoms with Gasteiger partial charge < -0.3 is 14.2 Å². The van der Waals surface area contributed by atoms with Gasteiger partial charge in [0, 0.05) is 19.3 Å². The van der Waals surface area contributed by atoms with Crippen molar-refractivity contribution < 1.29 is 28.6 Å². The van der Waals surface area contributed by atoms with Crippen LogP contribution in [0.1, 0.15) is 213 Å². The summed E-state index contributed by atoms with van der Waals surface area (Å²) < 4.78 is 16.7. The van der Waals surface area contributed by atoms with Gasteiger partial charge in [-0.15, -0.1) is 0 Å². The molecule has 6 nitrogen and oxygen atoms in total. The molecule has 0 bridgehead atoms. The van der Waals surface area contributed by atoms with Crippen molar-refractivity contribution in [1.82, 2.24) is 0 Å². The molecule has 376 valence electrons. The van der Waals surface area contributed by atoms with Gasteiger partial charge in [-0.2, -0.15) is 0 Å². The molecule has 0 aliphatic rings. The van der Waals surface area contributed by atoms with Crippen molar-refractivity contribution in [3.63, 3.8) is 0 Å². The SMILES string of the molecule is CC/C=C/C=C/C=C/C=C/CCCCCC(=O)OCC(COC(=O)CCCCCCCCCCC/C=C/C/C=C/C/C=C/CC)OC(=O)CCC/C=C/C/C=C/C/C=C/C/C=C/CCCCC. The molecule has 0 aliphatic heterocycles. The normalized spacial score (nSPS) is 13.2. The molecule has 1 atom stereocenters. The number of hydrogen-bond donors (Lipinski definition) is 0. The van der Waals surface area contributed by atoms with Crippen molar-refractivity contribution in [3.8, 4) is 0 Å². The summed E-state index contributed by atoms with van der Waals surface area (Å²) in [7, 11) is 0. The van der Waals surface area contributed by atoms with Crippen LogP contribution in [-0.2, 0) is 28.6 Å². The second-order valence-corrected chi connectivity index (χ2v) is 17.1. The highest BCUT2D eigenvalue weighted by Gasteiger charge is 2.19. The fraction of sp³-hybridized carbons (Fsp3) is 0.590. The summed E-state index contributed by atoms with van der Waals surface area (Å²) in [6.45, 7) is 6.26. The lowest BCUT2D eigenvalue weighted by molar-refractivity contribution is -0.167. The zero-order valence-corrected chi connectivity index (χ0v) is 42.9. The molecule has 0 radical (unpaired) electrons. The van der Waals surface area contributed by atoms with Gasteiger partial charge in [0.05, 0.1) is 0 Å². The molecule has 0 rings (SSSR count). The number of rotatable bonds is 46. The number of ether oxygens (including phenoxy) is 3. The summed E-state index contributed by atoms with van der Waals surface area (Å²) in [6.07, 6.45) is 75.9. The predicted molar refractivity (Wildman–Crippen MR) is 288 cm³/mol. The minimum absolute atomic E-state index is 0.120. The van der Waals surface area contributed by atoms with Gasteiger partial charge in [-0.05, 0) is 109 Å². The largest absolute Gasteiger partial charge is 0.462 e. The van der Waals surface area contributed by atoms with Crippen LogP contribution in [0.15, 0.2) is 134 Å². The summed E-state index contributed by atoms with van der Waals surface area (Å²) >= 11 is 0. The fourth-order valence-electron chi connectivity index (χ4n) is 6.75. The lowest BCUT2D eigenvalue weighted by Gasteiger charge is -2.18. The molecule has 0 saturated carbocycles. The highest BCUT2D eigenvalue weighted by Crippen LogP contribution is 2.13. The smallest absolute Gasteiger partial charge is 0.306 e. The third-order valence-corrected chi connectivity index (χ3v) is 10.7. The van der Waals surface area contributed by atoms with Crippen LogP contribution in [0.4, 0.5) is 0 Å². The topological polar surface area (TPSA) is 78.9 Å². The Labute approximate surface area is 411 Å². The van der Waals surface area contributed by atoms with E-state index in [1.54, 1.807) is 0 Å². The van der Waals surface area contributed by atoms with Crippen LogP contribution >= 0.6 is 0 Å². The van der Waals surface area contributed by atoms with Crippen LogP contribution in [0.5, 0.6) is 0 Å². The highest BCUT2D eigenvalue weighted by molar-refractivity contribution is 5.71. The number of hydrogen-bond acceptors (Lipinski definition) is 6. The maximum absolute atomic E-state index is 12.8. The van der Waals surface area contributed by atoms with E-state index in [1.807, 2.05) is 36.5 Å². The van der Waals surface area contributed by atoms with Gasteiger partial charge in [0.2, 0.25) is 0 Å². The average Bonchev–Trinajstić information content (AvgIpc) is 3.33. The first kappa shape index (κ1) is 62.5. The lowest BCUT2D eigenvalue weighted by Crippen LogP contribution is -2.30. The first-order chi connectivity index (χ1) is 33.0. The molecule has 0 saturated heterocycles. The zero-order valence-electron chi connectivity index (χ0n) is 42.9. The molecular formula is C61H96O6. The summed E-state index contributed by atoms with van der Waals surface area (Å²) in [5, 5.41) is 0. The Kier molecular flexibility index (Phi) is 50.6. The van der Waals surface area contributed by atoms with Crippen molar-refractivity contribution in [2.75, 3.05) is 13.2 Å². The maximum atomic E-state index is 12.8. The molecule has 0 amide bonds. The number of allylic oxidation sites excluding steroid dienone is 22. The minimum Gasteiger partial charge on any atom is -0.462 e. The van der Waals surface area contributed by atoms with Gasteiger partial charge in [0.15, 0.2) is 6.10 Å². The molecule has 1 unspecified atom stereocenters. The number of carbonyl (C=O) groups excluding carboxylic acids is 3. The maximum Gasteiger partial charge on any atom is 0.306 e. The van der Waals surface area contributed by atoms with E-state index in [9.17, 15) is 14.4 Å². The first-order valence-electron chi connectivity index (χ1n) is 26.7. The second kappa shape index (κ2) is 54.2. The molecule has 0 fully saturated rings. The van der Waals surface area contributed by atoms with Gasteiger partial charge >= 0.3 is 17.9 Å². The first-order valence-corrected chi connectivity index (χ1v) is 26.7. The standard InChI is InChI=1S/C61H96O6/c1-4-7-10-13-16-19-22-25-27-29-30-32-33-36-39-42-45-48-51-54-60(63)66-57-58(56-65-59(62)53-50-47-44-41-38-35-24-21-18-15-12-9-6-3)67-61(64)55-52-49-46-43-40-37-34-31-28-26-23-20-17-14-11-8-5-2/h7,9-10,12,15-21,24-28,34-35,37-38,43,46,58H,4-6,8,11,13-14,22-23,29-33,36,39-42,44-45,47-57H2,1-3H3/b10-7+,12-9+,18-15+,19-16+,20-17+,24-21+,27-25+,28-26+,37-34+,38-35+,46-43+. The Morgan fingerprint density at radius 1 is 0.328 bits per heavy atom. The van der Waals surface area contributed by atoms with Gasteiger partial charge in [0.25, 0.3) is 0 Å². The van der Waals surface area contributed by atoms with Gasteiger partial charge in [-0.3, -0.25) is 14.4 Å². The molecule has 0 spiro atoms. The van der Waals surface area contributed by atoms with E-state index in [4.69, 9.17) is 14.2 Å². The molecule has 67 heavy (non-hydrogen) atoms. The van der Waals surface area contributed by atoms with Crippen LogP contribution in [-0.4, -0.2) is 37.2 Å². The Morgan fingerprint density at radius 2 is 0.672 bits per heavy atom. The van der Waals surface area contributed by atoms with Crippen molar-refractivity contribution in [2.24, 2.45) is 0 Å². The number of carbonyl (C=O) groups is 3. The van der Waals surface area contributed by atoms with Crippen molar-refractivity contribution in [1.29, 1.82) is 0 Å². The molecule has 0 aromatic carbocycles. The molecular weight excluding hydrogens is 829 g/mol. The lowest BCUT2D eigenvalue weighted by atomic mass is 10.1. The van der Waals surface area contributed by atoms with E-state index in [-0.39, 0.29) is 37.5 Å². The van der Waals surface area contributed by atoms with E-state index in [0.717, 1.165) is 103 Å². The Hall–Kier alpha value is -4.45. The molecule has 0 aliphatic carbocycles. The second-order valence-electron chi connectivity index (χ2n) is 17.1. The number of esters is 3. The molecule has 6 heteroatoms. The Balaban J connectivity index is 4.53. The summed E-state index contributed by atoms with van der Waals surface area (Å²) in [6, 6.07) is 0. The van der Waals surface area contributed by atoms with E-state index < -0.39 is 6.10 Å². The van der Waals surface area contributed by atoms with Crippen LogP contribution in [0.3, 0.4) is 0 Å². The molecule has 0 heterocycles. The van der Waals surface area contributed by atoms with E-state index >= 15 is 0 Å². The van der Waals surface area contributed by atoms with Crippen LogP contribution in [0, 0.1) is 0 Å². The third kappa shape index (κ3) is 52.4. The quantitative estimate of drug-likeness (QED) is 0.0199. The number of unbranched alkanes of at least 4 members (excludes halogenated alkanes) is 16. The summed E-state index contributed by atoms with van der Waals surface area (Å²) in [4.78, 5) is 38.0. The van der Waals surface area contributed by atoms with Crippen molar-refractivity contribution in [2.45, 2.75) is 219 Å². The fourth-order valence-corrected chi connectivity index (χ4v) is 6.75. The summed E-state index contributed by atoms with van der Waals surface area (Å²) in [5.74, 6) is -1.03. The van der Waals surface area contributed by atoms with E-state index in [2.05, 4.69) is 118 Å². The van der Waals surface area contributed by atoms with Gasteiger partial charge in [-0.25, -0.2) is 0 Å². The molecule has 0 N–H and O–H groups in total. The van der Waals surface area contributed by atoms with Crippen LogP contribution in [0.25, 0.3) is 0 Å². The Morgan fingerprint density at radius 3 is 1.15 bits per heavy atom. The predicted octanol–water partition coefficient (Wildman–Crippen LogP) is 17.9. The third-order valence-electron chi connectivity index (χ3n) is 10.7. The van der Waals surface area contributed by atoms with Gasteiger partial charge in [-0.1, -0.05) is 219 Å². The summed E-state index contributed by atoms with van der Waals surface area (Å²) in [5.41, 5.74) is 0. The van der Waals surface area contributed by atoms with Gasteiger partial charge in [0.1, 0.15) is 13.2 Å². The van der Waals surface area contributed by atoms with Crippen LogP contribution < -0.4 is 0 Å². The molecule has 0 aromatic heterocycles. The van der Waals surface area contributed by atoms with Crippen molar-refractivity contribution in [3.05, 3.63) is 134 Å². The highest BCUT2D eigenvalue weighted by atomic mass is 16.6. The monoisotopic (exact) mass is 925 g/mol. The Bertz CT molecular complexity index is 1480. The van der Waals surface area contributed by atoms with Crippen molar-refractivity contribution >= 4 is 17.9 Å². The zero-order chi connectivity index (χ0) is 48.6. The van der Waals surface area contributed by atoms with E-state index in [0.29, 0.717) is 19.3 Å². The minimum atomic E-state index is -0.830. The van der Waals surface area contributed by atoms with Crippen LogP contribution in [0.2, 0.25) is 0 Å². The molecule has 0 aromatic rings. The van der Waals surface area contributed by atoms with E-state index in [1.165, 1.54) is 64.2 Å².